The molecular formula is C16H15NO2. The summed E-state index contributed by atoms with van der Waals surface area (Å²) >= 11 is 0. The lowest BCUT2D eigenvalue weighted by Gasteiger charge is -2.27. The Balaban J connectivity index is 2.03. The number of rotatable bonds is 2. The van der Waals surface area contributed by atoms with Gasteiger partial charge in [0.2, 0.25) is 5.91 Å². The van der Waals surface area contributed by atoms with Crippen LogP contribution in [0.25, 0.3) is 5.57 Å². The molecule has 1 aliphatic carbocycles. The van der Waals surface area contributed by atoms with Crippen LogP contribution in [0, 0.1) is 5.92 Å². The Kier molecular flexibility index (Phi) is 2.95. The van der Waals surface area contributed by atoms with Gasteiger partial charge < -0.3 is 10.1 Å². The fourth-order valence-electron chi connectivity index (χ4n) is 2.45. The van der Waals surface area contributed by atoms with Crippen molar-refractivity contribution in [2.45, 2.75) is 6.04 Å². The van der Waals surface area contributed by atoms with Gasteiger partial charge in [0, 0.05) is 0 Å². The average Bonchev–Trinajstić information content (AvgIpc) is 2.40. The van der Waals surface area contributed by atoms with Gasteiger partial charge >= 0.3 is 0 Å². The summed E-state index contributed by atoms with van der Waals surface area (Å²) in [4.78, 5) is 12.1. The van der Waals surface area contributed by atoms with Crippen LogP contribution in [0.1, 0.15) is 5.56 Å². The zero-order chi connectivity index (χ0) is 13.2. The molecule has 0 saturated heterocycles. The number of ether oxygens (including phenoxy) is 1. The van der Waals surface area contributed by atoms with Gasteiger partial charge in [-0.15, -0.1) is 0 Å². The van der Waals surface area contributed by atoms with Crippen molar-refractivity contribution in [2.75, 3.05) is 7.11 Å². The molecule has 0 radical (unpaired) electrons. The molecule has 3 aliphatic rings. The largest absolute Gasteiger partial charge is 0.497 e. The van der Waals surface area contributed by atoms with E-state index in [4.69, 9.17) is 4.74 Å². The smallest absolute Gasteiger partial charge is 0.232 e. The van der Waals surface area contributed by atoms with Crippen molar-refractivity contribution < 1.29 is 9.53 Å². The summed E-state index contributed by atoms with van der Waals surface area (Å²) in [5.74, 6) is 0.661. The molecule has 2 aliphatic heterocycles. The van der Waals surface area contributed by atoms with Crippen molar-refractivity contribution in [2.24, 2.45) is 5.92 Å². The molecule has 3 heteroatoms. The van der Waals surface area contributed by atoms with Crippen LogP contribution in [0.5, 0.6) is 5.75 Å². The highest BCUT2D eigenvalue weighted by atomic mass is 16.5. The van der Waals surface area contributed by atoms with E-state index in [-0.39, 0.29) is 17.9 Å². The number of hydrogen-bond donors (Lipinski definition) is 1. The Morgan fingerprint density at radius 2 is 1.84 bits per heavy atom. The zero-order valence-electron chi connectivity index (χ0n) is 10.7. The Morgan fingerprint density at radius 1 is 1.11 bits per heavy atom. The second kappa shape index (κ2) is 4.76. The van der Waals surface area contributed by atoms with Crippen molar-refractivity contribution in [3.05, 3.63) is 60.2 Å². The highest BCUT2D eigenvalue weighted by Crippen LogP contribution is 2.31. The van der Waals surface area contributed by atoms with E-state index in [1.807, 2.05) is 48.6 Å². The molecule has 0 spiro atoms. The highest BCUT2D eigenvalue weighted by molar-refractivity contribution is 5.96. The number of carbonyl (C=O) groups excluding carboxylic acids is 1. The second-order valence-electron chi connectivity index (χ2n) is 4.63. The normalized spacial score (nSPS) is 24.5. The quantitative estimate of drug-likeness (QED) is 0.878. The molecule has 2 bridgehead atoms. The summed E-state index contributed by atoms with van der Waals surface area (Å²) in [6.07, 6.45) is 9.92. The van der Waals surface area contributed by atoms with Gasteiger partial charge in [-0.1, -0.05) is 42.5 Å². The molecule has 1 N–H and O–H groups in total. The third-order valence-corrected chi connectivity index (χ3v) is 3.44. The number of hydrogen-bond acceptors (Lipinski definition) is 2. The van der Waals surface area contributed by atoms with Gasteiger partial charge in [-0.25, -0.2) is 0 Å². The number of allylic oxidation sites excluding steroid dienone is 2. The summed E-state index contributed by atoms with van der Waals surface area (Å²) in [6.45, 7) is 0. The van der Waals surface area contributed by atoms with E-state index in [1.54, 1.807) is 7.11 Å². The van der Waals surface area contributed by atoms with Gasteiger partial charge in [0.05, 0.1) is 19.1 Å². The molecule has 1 aromatic carbocycles. The summed E-state index contributed by atoms with van der Waals surface area (Å²) < 4.78 is 5.16. The lowest BCUT2D eigenvalue weighted by Crippen LogP contribution is -2.41. The molecule has 0 fully saturated rings. The average molecular weight is 253 g/mol. The lowest BCUT2D eigenvalue weighted by molar-refractivity contribution is -0.122. The van der Waals surface area contributed by atoms with Crippen LogP contribution in [0.4, 0.5) is 0 Å². The monoisotopic (exact) mass is 253 g/mol. The number of amides is 1. The van der Waals surface area contributed by atoms with E-state index in [9.17, 15) is 4.79 Å². The van der Waals surface area contributed by atoms with Crippen molar-refractivity contribution in [1.82, 2.24) is 5.32 Å². The van der Waals surface area contributed by atoms with Gasteiger partial charge in [0.25, 0.3) is 0 Å². The fourth-order valence-corrected chi connectivity index (χ4v) is 2.45. The first-order valence-electron chi connectivity index (χ1n) is 6.29. The summed E-state index contributed by atoms with van der Waals surface area (Å²) in [7, 11) is 1.65. The number of methoxy groups -OCH3 is 1. The molecule has 96 valence electrons. The van der Waals surface area contributed by atoms with E-state index in [0.29, 0.717) is 0 Å². The third kappa shape index (κ3) is 2.19. The fraction of sp³-hybridized carbons (Fsp3) is 0.188. The van der Waals surface area contributed by atoms with Gasteiger partial charge in [-0.2, -0.15) is 0 Å². The Hall–Kier alpha value is -2.29. The van der Waals surface area contributed by atoms with Crippen molar-refractivity contribution in [3.8, 4) is 5.75 Å². The van der Waals surface area contributed by atoms with Gasteiger partial charge in [-0.3, -0.25) is 4.79 Å². The van der Waals surface area contributed by atoms with E-state index in [1.165, 1.54) is 0 Å². The van der Waals surface area contributed by atoms with E-state index in [2.05, 4.69) is 11.4 Å². The van der Waals surface area contributed by atoms with Gasteiger partial charge in [0.15, 0.2) is 0 Å². The predicted molar refractivity (Wildman–Crippen MR) is 74.7 cm³/mol. The first-order valence-corrected chi connectivity index (χ1v) is 6.29. The number of nitrogens with one attached hydrogen (secondary N) is 1. The number of carbonyl (C=O) groups is 1. The highest BCUT2D eigenvalue weighted by Gasteiger charge is 2.28. The molecule has 2 atom stereocenters. The van der Waals surface area contributed by atoms with Crippen LogP contribution in [-0.2, 0) is 4.79 Å². The molecule has 0 aromatic heterocycles. The summed E-state index contributed by atoms with van der Waals surface area (Å²) in [5, 5.41) is 2.96. The molecule has 3 nitrogen and oxygen atoms in total. The maximum absolute atomic E-state index is 12.1. The second-order valence-corrected chi connectivity index (χ2v) is 4.63. The van der Waals surface area contributed by atoms with Crippen molar-refractivity contribution in [1.29, 1.82) is 0 Å². The van der Waals surface area contributed by atoms with Crippen molar-refractivity contribution in [3.63, 3.8) is 0 Å². The van der Waals surface area contributed by atoms with Gasteiger partial charge in [0.1, 0.15) is 5.75 Å². The van der Waals surface area contributed by atoms with Gasteiger partial charge in [-0.05, 0) is 23.3 Å². The number of fused-ring (bicyclic) bond motifs is 2. The molecule has 1 amide bonds. The van der Waals surface area contributed by atoms with Crippen LogP contribution < -0.4 is 10.1 Å². The van der Waals surface area contributed by atoms with E-state index in [0.717, 1.165) is 16.9 Å². The van der Waals surface area contributed by atoms with E-state index < -0.39 is 0 Å². The van der Waals surface area contributed by atoms with Crippen LogP contribution in [0.15, 0.2) is 54.6 Å². The molecule has 2 heterocycles. The topological polar surface area (TPSA) is 38.3 Å². The molecular weight excluding hydrogens is 238 g/mol. The minimum atomic E-state index is -0.213. The van der Waals surface area contributed by atoms with Crippen LogP contribution >= 0.6 is 0 Å². The number of benzene rings is 1. The van der Waals surface area contributed by atoms with Crippen LogP contribution in [-0.4, -0.2) is 19.1 Å². The first-order chi connectivity index (χ1) is 9.28. The third-order valence-electron chi connectivity index (χ3n) is 3.44. The van der Waals surface area contributed by atoms with E-state index >= 15 is 0 Å². The standard InChI is InChI=1S/C16H15NO2/c1-19-13-8-6-11(7-9-13)15-10-12-4-2-3-5-14(15)16(18)17-12/h2-10,12,14H,1H3,(H,17,18)/t12-,14-/m1/s1. The minimum absolute atomic E-state index is 0.0224. The first kappa shape index (κ1) is 11.8. The molecule has 1 aromatic rings. The maximum Gasteiger partial charge on any atom is 0.232 e. The Morgan fingerprint density at radius 3 is 2.58 bits per heavy atom. The maximum atomic E-state index is 12.1. The molecule has 0 saturated carbocycles. The predicted octanol–water partition coefficient (Wildman–Crippen LogP) is 2.32. The molecule has 19 heavy (non-hydrogen) atoms. The van der Waals surface area contributed by atoms with Crippen LogP contribution in [0.2, 0.25) is 0 Å². The molecule has 4 rings (SSSR count). The summed E-state index contributed by atoms with van der Waals surface area (Å²) in [5.41, 5.74) is 2.11. The SMILES string of the molecule is COc1ccc(C2=C[C@H]3C=CC=C[C@H]2C(=O)N3)cc1. The zero-order valence-corrected chi connectivity index (χ0v) is 10.7. The van der Waals surface area contributed by atoms with Crippen LogP contribution in [0.3, 0.4) is 0 Å². The molecule has 0 unspecified atom stereocenters. The Labute approximate surface area is 112 Å². The Bertz CT molecular complexity index is 581. The summed E-state index contributed by atoms with van der Waals surface area (Å²) in [6, 6.07) is 7.80. The minimum Gasteiger partial charge on any atom is -0.497 e. The van der Waals surface area contributed by atoms with Crippen molar-refractivity contribution >= 4 is 11.5 Å². The lowest BCUT2D eigenvalue weighted by atomic mass is 9.85.